The van der Waals surface area contributed by atoms with Crippen LogP contribution >= 0.6 is 11.6 Å². The molecule has 1 aliphatic rings. The van der Waals surface area contributed by atoms with Crippen LogP contribution < -0.4 is 0 Å². The van der Waals surface area contributed by atoms with Gasteiger partial charge in [0.2, 0.25) is 0 Å². The first-order valence-corrected chi connectivity index (χ1v) is 11.0. The molecule has 0 bridgehead atoms. The highest BCUT2D eigenvalue weighted by Crippen LogP contribution is 2.41. The molecule has 0 aliphatic carbocycles. The average molecular weight is 444 g/mol. The Balaban J connectivity index is 1.88. The van der Waals surface area contributed by atoms with Crippen molar-refractivity contribution in [1.29, 1.82) is 0 Å². The monoisotopic (exact) mass is 443 g/mol. The lowest BCUT2D eigenvalue weighted by atomic mass is 9.85. The highest BCUT2D eigenvalue weighted by Gasteiger charge is 2.54. The molecule has 2 atom stereocenters. The molecule has 0 saturated carbocycles. The molecule has 2 unspecified atom stereocenters. The molecule has 0 radical (unpaired) electrons. The standard InChI is InChI=1S/C25H30ClNO4/c1-5-6-21-15-25(23(28)29,31-27-21)22(18-9-13-20(26)14-10-18)30-16-17-7-11-19(12-8-17)24(2,3)4/h7-14,22H,5-6,15-16H2,1-4H3,(H,28,29). The van der Waals surface area contributed by atoms with Gasteiger partial charge in [0, 0.05) is 11.4 Å². The van der Waals surface area contributed by atoms with Gasteiger partial charge in [0.05, 0.1) is 12.3 Å². The van der Waals surface area contributed by atoms with Gasteiger partial charge >= 0.3 is 5.97 Å². The number of benzene rings is 2. The third-order valence-electron chi connectivity index (χ3n) is 5.54. The van der Waals surface area contributed by atoms with Crippen LogP contribution in [0.2, 0.25) is 5.02 Å². The number of rotatable bonds is 8. The van der Waals surface area contributed by atoms with Gasteiger partial charge in [-0.05, 0) is 40.7 Å². The first-order chi connectivity index (χ1) is 14.7. The van der Waals surface area contributed by atoms with Gasteiger partial charge in [-0.15, -0.1) is 0 Å². The Morgan fingerprint density at radius 2 is 1.84 bits per heavy atom. The highest BCUT2D eigenvalue weighted by molar-refractivity contribution is 6.30. The Hall–Kier alpha value is -2.37. The van der Waals surface area contributed by atoms with E-state index in [-0.39, 0.29) is 18.4 Å². The Labute approximate surface area is 189 Å². The van der Waals surface area contributed by atoms with E-state index in [0.717, 1.165) is 17.7 Å². The number of halogens is 1. The van der Waals surface area contributed by atoms with E-state index >= 15 is 0 Å². The summed E-state index contributed by atoms with van der Waals surface area (Å²) in [6, 6.07) is 15.2. The summed E-state index contributed by atoms with van der Waals surface area (Å²) in [4.78, 5) is 18.0. The number of carboxylic acids is 1. The number of carboxylic acid groups (broad SMARTS) is 1. The zero-order valence-corrected chi connectivity index (χ0v) is 19.3. The number of carbonyl (C=O) groups is 1. The van der Waals surface area contributed by atoms with Gasteiger partial charge in [-0.3, -0.25) is 0 Å². The molecule has 6 heteroatoms. The summed E-state index contributed by atoms with van der Waals surface area (Å²) in [5.74, 6) is -1.09. The Bertz CT molecular complexity index is 931. The molecular formula is C25H30ClNO4. The van der Waals surface area contributed by atoms with Crippen molar-refractivity contribution in [2.45, 2.75) is 70.7 Å². The Morgan fingerprint density at radius 3 is 2.39 bits per heavy atom. The van der Waals surface area contributed by atoms with Crippen LogP contribution in [0.5, 0.6) is 0 Å². The van der Waals surface area contributed by atoms with Crippen LogP contribution in [0.15, 0.2) is 53.7 Å². The van der Waals surface area contributed by atoms with Gasteiger partial charge in [-0.25, -0.2) is 4.79 Å². The van der Waals surface area contributed by atoms with Crippen molar-refractivity contribution in [3.05, 3.63) is 70.2 Å². The molecule has 31 heavy (non-hydrogen) atoms. The largest absolute Gasteiger partial charge is 0.478 e. The molecule has 2 aromatic rings. The van der Waals surface area contributed by atoms with Crippen LogP contribution in [0.4, 0.5) is 0 Å². The van der Waals surface area contributed by atoms with Crippen LogP contribution in [0, 0.1) is 0 Å². The van der Waals surface area contributed by atoms with Gasteiger partial charge in [-0.1, -0.05) is 87.3 Å². The predicted octanol–water partition coefficient (Wildman–Crippen LogP) is 6.30. The summed E-state index contributed by atoms with van der Waals surface area (Å²) in [7, 11) is 0. The van der Waals surface area contributed by atoms with Gasteiger partial charge in [-0.2, -0.15) is 0 Å². The molecule has 0 aromatic heterocycles. The molecule has 0 saturated heterocycles. The second-order valence-electron chi connectivity index (χ2n) is 9.06. The zero-order chi connectivity index (χ0) is 22.6. The molecule has 0 amide bonds. The van der Waals surface area contributed by atoms with E-state index in [1.54, 1.807) is 24.3 Å². The fourth-order valence-electron chi connectivity index (χ4n) is 3.72. The average Bonchev–Trinajstić information content (AvgIpc) is 3.14. The van der Waals surface area contributed by atoms with Crippen molar-refractivity contribution >= 4 is 23.3 Å². The first kappa shape index (κ1) is 23.3. The minimum absolute atomic E-state index is 0.0588. The summed E-state index contributed by atoms with van der Waals surface area (Å²) >= 11 is 6.05. The lowest BCUT2D eigenvalue weighted by molar-refractivity contribution is -0.187. The minimum Gasteiger partial charge on any atom is -0.478 e. The number of hydrogen-bond acceptors (Lipinski definition) is 4. The molecule has 1 aliphatic heterocycles. The quantitative estimate of drug-likeness (QED) is 0.520. The van der Waals surface area contributed by atoms with Crippen molar-refractivity contribution in [3.63, 3.8) is 0 Å². The van der Waals surface area contributed by atoms with Gasteiger partial charge in [0.1, 0.15) is 6.10 Å². The second-order valence-corrected chi connectivity index (χ2v) is 9.50. The minimum atomic E-state index is -1.61. The van der Waals surface area contributed by atoms with E-state index in [1.807, 2.05) is 19.1 Å². The number of hydrogen-bond donors (Lipinski definition) is 1. The topological polar surface area (TPSA) is 68.1 Å². The van der Waals surface area contributed by atoms with Crippen LogP contribution in [-0.2, 0) is 26.4 Å². The maximum atomic E-state index is 12.4. The van der Waals surface area contributed by atoms with Gasteiger partial charge < -0.3 is 14.7 Å². The van der Waals surface area contributed by atoms with E-state index in [0.29, 0.717) is 17.0 Å². The molecule has 2 aromatic carbocycles. The second kappa shape index (κ2) is 9.41. The van der Waals surface area contributed by atoms with Crippen molar-refractivity contribution in [2.75, 3.05) is 0 Å². The summed E-state index contributed by atoms with van der Waals surface area (Å²) in [5.41, 5.74) is 2.06. The van der Waals surface area contributed by atoms with Crippen molar-refractivity contribution in [2.24, 2.45) is 5.16 Å². The van der Waals surface area contributed by atoms with Crippen LogP contribution in [-0.4, -0.2) is 22.4 Å². The number of ether oxygens (including phenoxy) is 1. The van der Waals surface area contributed by atoms with E-state index in [2.05, 4.69) is 38.1 Å². The number of nitrogens with zero attached hydrogens (tertiary/aromatic N) is 1. The summed E-state index contributed by atoms with van der Waals surface area (Å²) < 4.78 is 6.23. The molecular weight excluding hydrogens is 414 g/mol. The van der Waals surface area contributed by atoms with Crippen LogP contribution in [0.3, 0.4) is 0 Å². The lowest BCUT2D eigenvalue weighted by Crippen LogP contribution is -2.46. The molecule has 0 fully saturated rings. The smallest absolute Gasteiger partial charge is 0.354 e. The predicted molar refractivity (Wildman–Crippen MR) is 123 cm³/mol. The first-order valence-electron chi connectivity index (χ1n) is 10.6. The van der Waals surface area contributed by atoms with Crippen molar-refractivity contribution < 1.29 is 19.5 Å². The molecule has 0 spiro atoms. The van der Waals surface area contributed by atoms with E-state index in [4.69, 9.17) is 21.2 Å². The van der Waals surface area contributed by atoms with Crippen molar-refractivity contribution in [1.82, 2.24) is 0 Å². The van der Waals surface area contributed by atoms with Gasteiger partial charge in [0.15, 0.2) is 0 Å². The highest BCUT2D eigenvalue weighted by atomic mass is 35.5. The van der Waals surface area contributed by atoms with E-state index in [1.165, 1.54) is 5.56 Å². The van der Waals surface area contributed by atoms with E-state index < -0.39 is 17.7 Å². The maximum Gasteiger partial charge on any atom is 0.354 e. The van der Waals surface area contributed by atoms with E-state index in [9.17, 15) is 9.90 Å². The third kappa shape index (κ3) is 5.28. The zero-order valence-electron chi connectivity index (χ0n) is 18.5. The summed E-state index contributed by atoms with van der Waals surface area (Å²) in [6.07, 6.45) is 0.899. The van der Waals surface area contributed by atoms with Crippen molar-refractivity contribution in [3.8, 4) is 0 Å². The number of aliphatic carboxylic acids is 1. The molecule has 5 nitrogen and oxygen atoms in total. The van der Waals surface area contributed by atoms with Crippen LogP contribution in [0.25, 0.3) is 0 Å². The summed E-state index contributed by atoms with van der Waals surface area (Å²) in [6.45, 7) is 8.77. The Kier molecular flexibility index (Phi) is 7.07. The Morgan fingerprint density at radius 1 is 1.19 bits per heavy atom. The fraction of sp³-hybridized carbons (Fsp3) is 0.440. The van der Waals surface area contributed by atoms with Gasteiger partial charge in [0.25, 0.3) is 5.60 Å². The molecule has 1 N–H and O–H groups in total. The number of oxime groups is 1. The fourth-order valence-corrected chi connectivity index (χ4v) is 3.85. The summed E-state index contributed by atoms with van der Waals surface area (Å²) in [5, 5.41) is 14.8. The normalized spacial score (nSPS) is 19.6. The molecule has 3 rings (SSSR count). The molecule has 166 valence electrons. The SMILES string of the molecule is CCCC1=NOC(C(=O)O)(C(OCc2ccc(C(C)(C)C)cc2)c2ccc(Cl)cc2)C1. The lowest BCUT2D eigenvalue weighted by Gasteiger charge is -2.31. The van der Waals surface area contributed by atoms with Crippen LogP contribution in [0.1, 0.15) is 69.8 Å². The molecule has 1 heterocycles. The maximum absolute atomic E-state index is 12.4. The third-order valence-corrected chi connectivity index (χ3v) is 5.79.